The first-order valence-corrected chi connectivity index (χ1v) is 6.82. The minimum atomic E-state index is 0.00750. The Hall–Kier alpha value is -1.14. The van der Waals surface area contributed by atoms with Gasteiger partial charge < -0.3 is 14.2 Å². The Morgan fingerprint density at radius 2 is 1.90 bits per heavy atom. The van der Waals surface area contributed by atoms with Crippen LogP contribution in [0.15, 0.2) is 12.1 Å². The zero-order valence-corrected chi connectivity index (χ0v) is 12.9. The third-order valence-corrected chi connectivity index (χ3v) is 3.25. The molecule has 0 saturated heterocycles. The summed E-state index contributed by atoms with van der Waals surface area (Å²) in [4.78, 5) is 0. The molecule has 0 fully saturated rings. The van der Waals surface area contributed by atoms with Gasteiger partial charge in [-0.25, -0.2) is 0 Å². The average molecular weight is 282 g/mol. The molecule has 1 aromatic carbocycles. The van der Waals surface area contributed by atoms with Crippen molar-refractivity contribution in [1.82, 2.24) is 5.43 Å². The molecule has 1 atom stereocenters. The molecule has 0 bridgehead atoms. The van der Waals surface area contributed by atoms with E-state index in [0.29, 0.717) is 19.8 Å². The fourth-order valence-electron chi connectivity index (χ4n) is 2.31. The predicted molar refractivity (Wildman–Crippen MR) is 79.8 cm³/mol. The Labute approximate surface area is 121 Å². The lowest BCUT2D eigenvalue weighted by Crippen LogP contribution is -2.30. The monoisotopic (exact) mass is 282 g/mol. The number of hydrazine groups is 1. The van der Waals surface area contributed by atoms with Crippen LogP contribution in [-0.4, -0.2) is 34.0 Å². The highest BCUT2D eigenvalue weighted by molar-refractivity contribution is 5.45. The molecule has 0 aliphatic heterocycles. The quantitative estimate of drug-likeness (QED) is 0.411. The van der Waals surface area contributed by atoms with Gasteiger partial charge in [0.05, 0.1) is 26.4 Å². The third-order valence-electron chi connectivity index (χ3n) is 3.25. The molecule has 0 amide bonds. The van der Waals surface area contributed by atoms with Crippen molar-refractivity contribution in [3.8, 4) is 5.75 Å². The zero-order valence-electron chi connectivity index (χ0n) is 12.9. The van der Waals surface area contributed by atoms with Crippen LogP contribution < -0.4 is 16.0 Å². The second kappa shape index (κ2) is 8.92. The van der Waals surface area contributed by atoms with Gasteiger partial charge in [0.2, 0.25) is 0 Å². The van der Waals surface area contributed by atoms with Crippen molar-refractivity contribution in [2.75, 3.05) is 34.0 Å². The van der Waals surface area contributed by atoms with E-state index >= 15 is 0 Å². The van der Waals surface area contributed by atoms with E-state index in [1.807, 2.05) is 6.07 Å². The van der Waals surface area contributed by atoms with Crippen LogP contribution in [-0.2, 0) is 9.47 Å². The van der Waals surface area contributed by atoms with Gasteiger partial charge in [-0.1, -0.05) is 6.07 Å². The number of aryl methyl sites for hydroxylation is 2. The smallest absolute Gasteiger partial charge is 0.124 e. The Bertz CT molecular complexity index is 410. The first-order chi connectivity index (χ1) is 9.63. The van der Waals surface area contributed by atoms with Crippen molar-refractivity contribution in [3.05, 3.63) is 28.8 Å². The summed E-state index contributed by atoms with van der Waals surface area (Å²) >= 11 is 0. The molecule has 3 N–H and O–H groups in total. The molecule has 0 heterocycles. The summed E-state index contributed by atoms with van der Waals surface area (Å²) in [5.74, 6) is 6.55. The molecule has 0 aromatic heterocycles. The topological polar surface area (TPSA) is 65.7 Å². The highest BCUT2D eigenvalue weighted by Crippen LogP contribution is 2.31. The molecule has 0 spiro atoms. The molecule has 0 aliphatic rings. The Kier molecular flexibility index (Phi) is 7.54. The Morgan fingerprint density at radius 1 is 1.15 bits per heavy atom. The molecule has 0 aliphatic carbocycles. The van der Waals surface area contributed by atoms with Gasteiger partial charge in [-0.2, -0.15) is 0 Å². The van der Waals surface area contributed by atoms with Gasteiger partial charge in [-0.3, -0.25) is 11.3 Å². The van der Waals surface area contributed by atoms with Gasteiger partial charge in [-0.15, -0.1) is 0 Å². The number of benzene rings is 1. The van der Waals surface area contributed by atoms with E-state index in [1.54, 1.807) is 14.2 Å². The van der Waals surface area contributed by atoms with Crippen LogP contribution in [0.4, 0.5) is 0 Å². The first kappa shape index (κ1) is 16.9. The number of ether oxygens (including phenoxy) is 3. The van der Waals surface area contributed by atoms with Crippen molar-refractivity contribution >= 4 is 0 Å². The van der Waals surface area contributed by atoms with E-state index < -0.39 is 0 Å². The first-order valence-electron chi connectivity index (χ1n) is 6.82. The average Bonchev–Trinajstić information content (AvgIpc) is 2.43. The van der Waals surface area contributed by atoms with E-state index in [-0.39, 0.29) is 6.04 Å². The van der Waals surface area contributed by atoms with Crippen molar-refractivity contribution in [1.29, 1.82) is 0 Å². The fraction of sp³-hybridized carbons (Fsp3) is 0.600. The van der Waals surface area contributed by atoms with Crippen LogP contribution >= 0.6 is 0 Å². The standard InChI is InChI=1S/C15H26N2O3/c1-11-9-12(2)15(14(10-11)19-4)13(17-16)5-6-20-8-7-18-3/h9-10,13,17H,5-8,16H2,1-4H3. The maximum atomic E-state index is 5.69. The summed E-state index contributed by atoms with van der Waals surface area (Å²) in [6, 6.07) is 4.17. The largest absolute Gasteiger partial charge is 0.496 e. The van der Waals surface area contributed by atoms with Gasteiger partial charge in [0.1, 0.15) is 5.75 Å². The van der Waals surface area contributed by atoms with Crippen LogP contribution in [0.5, 0.6) is 5.75 Å². The minimum absolute atomic E-state index is 0.00750. The number of nitrogens with one attached hydrogen (secondary N) is 1. The fourth-order valence-corrected chi connectivity index (χ4v) is 2.31. The lowest BCUT2D eigenvalue weighted by Gasteiger charge is -2.22. The molecule has 0 saturated carbocycles. The maximum Gasteiger partial charge on any atom is 0.124 e. The van der Waals surface area contributed by atoms with Gasteiger partial charge >= 0.3 is 0 Å². The maximum absolute atomic E-state index is 5.69. The molecule has 5 heteroatoms. The van der Waals surface area contributed by atoms with E-state index in [2.05, 4.69) is 25.3 Å². The Balaban J connectivity index is 2.74. The van der Waals surface area contributed by atoms with Gasteiger partial charge in [0.15, 0.2) is 0 Å². The second-order valence-corrected chi connectivity index (χ2v) is 4.81. The van der Waals surface area contributed by atoms with Crippen LogP contribution in [0.3, 0.4) is 0 Å². The van der Waals surface area contributed by atoms with Crippen molar-refractivity contribution in [2.24, 2.45) is 5.84 Å². The van der Waals surface area contributed by atoms with Gasteiger partial charge in [-0.05, 0) is 37.5 Å². The van der Waals surface area contributed by atoms with Crippen LogP contribution in [0.25, 0.3) is 0 Å². The number of nitrogens with two attached hydrogens (primary N) is 1. The van der Waals surface area contributed by atoms with Gasteiger partial charge in [0.25, 0.3) is 0 Å². The summed E-state index contributed by atoms with van der Waals surface area (Å²) in [5, 5.41) is 0. The lowest BCUT2D eigenvalue weighted by atomic mass is 9.96. The van der Waals surface area contributed by atoms with E-state index in [0.717, 1.165) is 17.7 Å². The number of hydrogen-bond acceptors (Lipinski definition) is 5. The normalized spacial score (nSPS) is 12.4. The van der Waals surface area contributed by atoms with Crippen LogP contribution in [0.2, 0.25) is 0 Å². The Morgan fingerprint density at radius 3 is 2.50 bits per heavy atom. The lowest BCUT2D eigenvalue weighted by molar-refractivity contribution is 0.0656. The minimum Gasteiger partial charge on any atom is -0.496 e. The van der Waals surface area contributed by atoms with Crippen molar-refractivity contribution in [3.63, 3.8) is 0 Å². The van der Waals surface area contributed by atoms with E-state index in [4.69, 9.17) is 20.1 Å². The van der Waals surface area contributed by atoms with E-state index in [1.165, 1.54) is 11.1 Å². The van der Waals surface area contributed by atoms with Gasteiger partial charge in [0, 0.05) is 19.3 Å². The van der Waals surface area contributed by atoms with E-state index in [9.17, 15) is 0 Å². The number of hydrogen-bond donors (Lipinski definition) is 2. The molecular formula is C15H26N2O3. The van der Waals surface area contributed by atoms with Crippen LogP contribution in [0, 0.1) is 13.8 Å². The summed E-state index contributed by atoms with van der Waals surface area (Å²) in [5.41, 5.74) is 6.29. The van der Waals surface area contributed by atoms with Crippen molar-refractivity contribution < 1.29 is 14.2 Å². The number of methoxy groups -OCH3 is 2. The SMILES string of the molecule is COCCOCCC(NN)c1c(C)cc(C)cc1OC. The molecule has 5 nitrogen and oxygen atoms in total. The van der Waals surface area contributed by atoms with Crippen molar-refractivity contribution in [2.45, 2.75) is 26.3 Å². The summed E-state index contributed by atoms with van der Waals surface area (Å²) in [7, 11) is 3.34. The molecule has 1 unspecified atom stereocenters. The highest BCUT2D eigenvalue weighted by atomic mass is 16.5. The number of rotatable bonds is 9. The summed E-state index contributed by atoms with van der Waals surface area (Å²) in [6.45, 7) is 5.94. The third kappa shape index (κ3) is 4.76. The molecule has 1 aromatic rings. The second-order valence-electron chi connectivity index (χ2n) is 4.81. The zero-order chi connectivity index (χ0) is 15.0. The molecular weight excluding hydrogens is 256 g/mol. The molecule has 1 rings (SSSR count). The predicted octanol–water partition coefficient (Wildman–Crippen LogP) is 1.87. The summed E-state index contributed by atoms with van der Waals surface area (Å²) in [6.07, 6.45) is 0.778. The summed E-state index contributed by atoms with van der Waals surface area (Å²) < 4.78 is 15.9. The molecule has 20 heavy (non-hydrogen) atoms. The highest BCUT2D eigenvalue weighted by Gasteiger charge is 2.17. The molecule has 0 radical (unpaired) electrons. The molecule has 114 valence electrons. The van der Waals surface area contributed by atoms with Crippen LogP contribution in [0.1, 0.15) is 29.2 Å².